The fourth-order valence-electron chi connectivity index (χ4n) is 1.73. The van der Waals surface area contributed by atoms with Gasteiger partial charge in [0, 0.05) is 12.2 Å². The van der Waals surface area contributed by atoms with E-state index >= 15 is 0 Å². The summed E-state index contributed by atoms with van der Waals surface area (Å²) in [4.78, 5) is 8.40. The van der Waals surface area contributed by atoms with Crippen LogP contribution in [0, 0.1) is 6.92 Å². The SMILES string of the molecule is COc1ccc(C(C)Nc2ccnc(C)n2)cc1. The highest BCUT2D eigenvalue weighted by atomic mass is 16.5. The van der Waals surface area contributed by atoms with Gasteiger partial charge in [-0.1, -0.05) is 12.1 Å². The smallest absolute Gasteiger partial charge is 0.130 e. The fraction of sp³-hybridized carbons (Fsp3) is 0.286. The van der Waals surface area contributed by atoms with Crippen LogP contribution in [0.15, 0.2) is 36.5 Å². The molecule has 1 aromatic carbocycles. The molecular formula is C14H17N3O. The van der Waals surface area contributed by atoms with Crippen molar-refractivity contribution in [2.45, 2.75) is 19.9 Å². The molecule has 0 saturated heterocycles. The van der Waals surface area contributed by atoms with Gasteiger partial charge in [-0.2, -0.15) is 0 Å². The van der Waals surface area contributed by atoms with Gasteiger partial charge in [-0.05, 0) is 37.6 Å². The Morgan fingerprint density at radius 3 is 2.50 bits per heavy atom. The maximum atomic E-state index is 5.14. The van der Waals surface area contributed by atoms with Crippen LogP contribution in [0.1, 0.15) is 24.4 Å². The van der Waals surface area contributed by atoms with Gasteiger partial charge < -0.3 is 10.1 Å². The van der Waals surface area contributed by atoms with E-state index in [4.69, 9.17) is 4.74 Å². The molecule has 0 spiro atoms. The Morgan fingerprint density at radius 1 is 1.17 bits per heavy atom. The van der Waals surface area contributed by atoms with E-state index in [2.05, 4.69) is 22.2 Å². The van der Waals surface area contributed by atoms with Gasteiger partial charge >= 0.3 is 0 Å². The Kier molecular flexibility index (Phi) is 3.77. The number of methoxy groups -OCH3 is 1. The molecule has 0 saturated carbocycles. The quantitative estimate of drug-likeness (QED) is 0.896. The zero-order chi connectivity index (χ0) is 13.0. The highest BCUT2D eigenvalue weighted by Crippen LogP contribution is 2.20. The molecule has 0 aliphatic carbocycles. The molecule has 0 aliphatic heterocycles. The summed E-state index contributed by atoms with van der Waals surface area (Å²) in [5.41, 5.74) is 1.19. The molecule has 0 aliphatic rings. The molecule has 94 valence electrons. The number of ether oxygens (including phenoxy) is 1. The van der Waals surface area contributed by atoms with Crippen LogP contribution in [-0.2, 0) is 0 Å². The van der Waals surface area contributed by atoms with E-state index in [1.165, 1.54) is 5.56 Å². The summed E-state index contributed by atoms with van der Waals surface area (Å²) < 4.78 is 5.14. The maximum absolute atomic E-state index is 5.14. The lowest BCUT2D eigenvalue weighted by molar-refractivity contribution is 0.414. The third kappa shape index (κ3) is 2.97. The fourth-order valence-corrected chi connectivity index (χ4v) is 1.73. The van der Waals surface area contributed by atoms with Gasteiger partial charge in [-0.25, -0.2) is 9.97 Å². The van der Waals surface area contributed by atoms with Crippen molar-refractivity contribution in [3.63, 3.8) is 0 Å². The Labute approximate surface area is 107 Å². The highest BCUT2D eigenvalue weighted by Gasteiger charge is 2.06. The van der Waals surface area contributed by atoms with Crippen molar-refractivity contribution < 1.29 is 4.74 Å². The minimum Gasteiger partial charge on any atom is -0.497 e. The molecule has 1 heterocycles. The first kappa shape index (κ1) is 12.4. The number of aryl methyl sites for hydroxylation is 1. The standard InChI is InChI=1S/C14H17N3O/c1-10(12-4-6-13(18-3)7-5-12)16-14-8-9-15-11(2)17-14/h4-10H,1-3H3,(H,15,16,17). The van der Waals surface area contributed by atoms with Crippen molar-refractivity contribution in [3.8, 4) is 5.75 Å². The number of aromatic nitrogens is 2. The molecule has 1 N–H and O–H groups in total. The van der Waals surface area contributed by atoms with Gasteiger partial charge in [-0.3, -0.25) is 0 Å². The van der Waals surface area contributed by atoms with Crippen molar-refractivity contribution in [2.24, 2.45) is 0 Å². The summed E-state index contributed by atoms with van der Waals surface area (Å²) in [5, 5.41) is 3.34. The summed E-state index contributed by atoms with van der Waals surface area (Å²) >= 11 is 0. The van der Waals surface area contributed by atoms with E-state index in [1.54, 1.807) is 13.3 Å². The molecule has 1 unspecified atom stereocenters. The second kappa shape index (κ2) is 5.49. The normalized spacial score (nSPS) is 11.9. The zero-order valence-corrected chi connectivity index (χ0v) is 10.8. The van der Waals surface area contributed by atoms with Gasteiger partial charge in [0.15, 0.2) is 0 Å². The average Bonchev–Trinajstić information content (AvgIpc) is 2.39. The van der Waals surface area contributed by atoms with Crippen LogP contribution in [0.4, 0.5) is 5.82 Å². The van der Waals surface area contributed by atoms with Crippen molar-refractivity contribution in [1.29, 1.82) is 0 Å². The summed E-state index contributed by atoms with van der Waals surface area (Å²) in [6.07, 6.45) is 1.76. The lowest BCUT2D eigenvalue weighted by atomic mass is 10.1. The summed E-state index contributed by atoms with van der Waals surface area (Å²) in [6, 6.07) is 10.1. The number of benzene rings is 1. The van der Waals surface area contributed by atoms with Gasteiger partial charge in [-0.15, -0.1) is 0 Å². The van der Waals surface area contributed by atoms with E-state index in [0.717, 1.165) is 17.4 Å². The Morgan fingerprint density at radius 2 is 1.89 bits per heavy atom. The number of hydrogen-bond acceptors (Lipinski definition) is 4. The lowest BCUT2D eigenvalue weighted by Crippen LogP contribution is -2.08. The largest absolute Gasteiger partial charge is 0.497 e. The third-order valence-corrected chi connectivity index (χ3v) is 2.76. The predicted octanol–water partition coefficient (Wildman–Crippen LogP) is 2.97. The summed E-state index contributed by atoms with van der Waals surface area (Å²) in [7, 11) is 1.67. The van der Waals surface area contributed by atoms with Gasteiger partial charge in [0.05, 0.1) is 7.11 Å². The van der Waals surface area contributed by atoms with E-state index in [9.17, 15) is 0 Å². The van der Waals surface area contributed by atoms with Crippen LogP contribution < -0.4 is 10.1 Å². The van der Waals surface area contributed by atoms with Crippen molar-refractivity contribution in [3.05, 3.63) is 47.9 Å². The predicted molar refractivity (Wildman–Crippen MR) is 71.8 cm³/mol. The van der Waals surface area contributed by atoms with E-state index in [-0.39, 0.29) is 6.04 Å². The molecule has 2 aromatic rings. The van der Waals surface area contributed by atoms with Gasteiger partial charge in [0.25, 0.3) is 0 Å². The van der Waals surface area contributed by atoms with Crippen LogP contribution in [0.2, 0.25) is 0 Å². The van der Waals surface area contributed by atoms with Crippen LogP contribution >= 0.6 is 0 Å². The number of hydrogen-bond donors (Lipinski definition) is 1. The van der Waals surface area contributed by atoms with Gasteiger partial charge in [0.2, 0.25) is 0 Å². The van der Waals surface area contributed by atoms with E-state index in [0.29, 0.717) is 0 Å². The molecule has 18 heavy (non-hydrogen) atoms. The Balaban J connectivity index is 2.09. The monoisotopic (exact) mass is 243 g/mol. The minimum absolute atomic E-state index is 0.185. The third-order valence-electron chi connectivity index (χ3n) is 2.76. The molecule has 0 radical (unpaired) electrons. The molecule has 0 fully saturated rings. The van der Waals surface area contributed by atoms with Crippen molar-refractivity contribution in [1.82, 2.24) is 9.97 Å². The summed E-state index contributed by atoms with van der Waals surface area (Å²) in [6.45, 7) is 3.97. The summed E-state index contributed by atoms with van der Waals surface area (Å²) in [5.74, 6) is 2.47. The molecule has 0 amide bonds. The Bertz CT molecular complexity index is 511. The first-order chi connectivity index (χ1) is 8.69. The first-order valence-corrected chi connectivity index (χ1v) is 5.89. The highest BCUT2D eigenvalue weighted by molar-refractivity contribution is 5.38. The molecule has 4 heteroatoms. The van der Waals surface area contributed by atoms with Crippen LogP contribution in [-0.4, -0.2) is 17.1 Å². The van der Waals surface area contributed by atoms with Crippen molar-refractivity contribution >= 4 is 5.82 Å². The molecule has 1 aromatic heterocycles. The number of nitrogens with zero attached hydrogens (tertiary/aromatic N) is 2. The van der Waals surface area contributed by atoms with Crippen molar-refractivity contribution in [2.75, 3.05) is 12.4 Å². The number of nitrogens with one attached hydrogen (secondary N) is 1. The van der Waals surface area contributed by atoms with Crippen LogP contribution in [0.25, 0.3) is 0 Å². The molecule has 2 rings (SSSR count). The van der Waals surface area contributed by atoms with E-state index in [1.807, 2.05) is 37.3 Å². The average molecular weight is 243 g/mol. The first-order valence-electron chi connectivity index (χ1n) is 5.89. The molecule has 0 bridgehead atoms. The topological polar surface area (TPSA) is 47.0 Å². The molecular weight excluding hydrogens is 226 g/mol. The maximum Gasteiger partial charge on any atom is 0.130 e. The van der Waals surface area contributed by atoms with Crippen LogP contribution in [0.3, 0.4) is 0 Å². The lowest BCUT2D eigenvalue weighted by Gasteiger charge is -2.15. The second-order valence-corrected chi connectivity index (χ2v) is 4.13. The molecule has 1 atom stereocenters. The molecule has 4 nitrogen and oxygen atoms in total. The Hall–Kier alpha value is -2.10. The van der Waals surface area contributed by atoms with Gasteiger partial charge in [0.1, 0.15) is 17.4 Å². The minimum atomic E-state index is 0.185. The number of rotatable bonds is 4. The zero-order valence-electron chi connectivity index (χ0n) is 10.8. The second-order valence-electron chi connectivity index (χ2n) is 4.13. The number of anilines is 1. The van der Waals surface area contributed by atoms with E-state index < -0.39 is 0 Å². The van der Waals surface area contributed by atoms with Crippen LogP contribution in [0.5, 0.6) is 5.75 Å².